The highest BCUT2D eigenvalue weighted by atomic mass is 16.2. The number of likely N-dealkylation sites (tertiary alicyclic amines) is 1. The quantitative estimate of drug-likeness (QED) is 0.753. The van der Waals surface area contributed by atoms with Crippen molar-refractivity contribution in [1.29, 1.82) is 0 Å². The molecule has 0 saturated carbocycles. The van der Waals surface area contributed by atoms with E-state index in [1.54, 1.807) is 0 Å². The molecule has 1 aliphatic heterocycles. The number of aryl methyl sites for hydroxylation is 1. The number of piperidine rings is 1. The molecule has 2 aromatic carbocycles. The summed E-state index contributed by atoms with van der Waals surface area (Å²) in [5, 5.41) is 3.21. The zero-order valence-electron chi connectivity index (χ0n) is 17.5. The van der Waals surface area contributed by atoms with Gasteiger partial charge < -0.3 is 5.32 Å². The molecule has 1 N–H and O–H groups in total. The number of hydrogen-bond acceptors (Lipinski definition) is 2. The molecule has 0 radical (unpaired) electrons. The Hall–Kier alpha value is -2.13. The average molecular weight is 379 g/mol. The number of nitrogens with one attached hydrogen (secondary N) is 1. The smallest absolute Gasteiger partial charge is 0.224 e. The van der Waals surface area contributed by atoms with Crippen LogP contribution >= 0.6 is 0 Å². The molecule has 3 nitrogen and oxygen atoms in total. The van der Waals surface area contributed by atoms with Crippen molar-refractivity contribution in [1.82, 2.24) is 10.2 Å². The maximum Gasteiger partial charge on any atom is 0.224 e. The monoisotopic (exact) mass is 378 g/mol. The number of rotatable bonds is 7. The largest absolute Gasteiger partial charge is 0.353 e. The van der Waals surface area contributed by atoms with Gasteiger partial charge in [-0.25, -0.2) is 0 Å². The first-order valence-electron chi connectivity index (χ1n) is 10.7. The molecule has 1 heterocycles. The third-order valence-electron chi connectivity index (χ3n) is 6.01. The summed E-state index contributed by atoms with van der Waals surface area (Å²) >= 11 is 0. The molecule has 3 rings (SSSR count). The van der Waals surface area contributed by atoms with Crippen molar-refractivity contribution < 1.29 is 4.79 Å². The zero-order valence-corrected chi connectivity index (χ0v) is 17.5. The second-order valence-corrected chi connectivity index (χ2v) is 8.22. The Morgan fingerprint density at radius 2 is 1.75 bits per heavy atom. The minimum absolute atomic E-state index is 0.0438. The summed E-state index contributed by atoms with van der Waals surface area (Å²) in [5.74, 6) is 0.653. The van der Waals surface area contributed by atoms with Crippen LogP contribution in [0.25, 0.3) is 0 Å². The summed E-state index contributed by atoms with van der Waals surface area (Å²) in [6.07, 6.45) is 2.96. The van der Waals surface area contributed by atoms with Gasteiger partial charge in [0.15, 0.2) is 0 Å². The molecule has 2 aromatic rings. The van der Waals surface area contributed by atoms with Crippen molar-refractivity contribution in [3.05, 3.63) is 71.3 Å². The molecule has 150 valence electrons. The van der Waals surface area contributed by atoms with Gasteiger partial charge in [-0.15, -0.1) is 0 Å². The van der Waals surface area contributed by atoms with Crippen LogP contribution in [0.4, 0.5) is 0 Å². The lowest BCUT2D eigenvalue weighted by molar-refractivity contribution is -0.127. The molecule has 3 heteroatoms. The SMILES string of the molecule is CCc1ccc(C2CC(C(=O)NC(C)CC)CN(Cc3ccccc3)C2)cc1. The second kappa shape index (κ2) is 9.88. The lowest BCUT2D eigenvalue weighted by Gasteiger charge is -2.38. The standard InChI is InChI=1S/C25H34N2O/c1-4-19(3)26-25(28)24-15-23(22-13-11-20(5-2)12-14-22)17-27(18-24)16-21-9-7-6-8-10-21/h6-14,19,23-24H,4-5,15-18H2,1-3H3,(H,26,28). The van der Waals surface area contributed by atoms with Gasteiger partial charge in [-0.2, -0.15) is 0 Å². The first kappa shape index (κ1) is 20.6. The van der Waals surface area contributed by atoms with Crippen molar-refractivity contribution in [2.75, 3.05) is 13.1 Å². The minimum Gasteiger partial charge on any atom is -0.353 e. The van der Waals surface area contributed by atoms with Gasteiger partial charge in [0, 0.05) is 25.7 Å². The molecular weight excluding hydrogens is 344 g/mol. The third-order valence-corrected chi connectivity index (χ3v) is 6.01. The number of benzene rings is 2. The van der Waals surface area contributed by atoms with E-state index in [0.29, 0.717) is 5.92 Å². The lowest BCUT2D eigenvalue weighted by Crippen LogP contribution is -2.47. The fraction of sp³-hybridized carbons (Fsp3) is 0.480. The van der Waals surface area contributed by atoms with Crippen LogP contribution in [0.15, 0.2) is 54.6 Å². The Balaban J connectivity index is 1.77. The first-order chi connectivity index (χ1) is 13.6. The number of carbonyl (C=O) groups is 1. The van der Waals surface area contributed by atoms with Crippen molar-refractivity contribution in [3.63, 3.8) is 0 Å². The van der Waals surface area contributed by atoms with E-state index >= 15 is 0 Å². The van der Waals surface area contributed by atoms with Gasteiger partial charge >= 0.3 is 0 Å². The van der Waals surface area contributed by atoms with Gasteiger partial charge in [-0.3, -0.25) is 9.69 Å². The molecule has 1 fully saturated rings. The Bertz CT molecular complexity index is 741. The Morgan fingerprint density at radius 1 is 1.04 bits per heavy atom. The van der Waals surface area contributed by atoms with Crippen molar-refractivity contribution in [2.24, 2.45) is 5.92 Å². The Morgan fingerprint density at radius 3 is 2.39 bits per heavy atom. The van der Waals surface area contributed by atoms with Crippen molar-refractivity contribution in [2.45, 2.75) is 58.5 Å². The van der Waals surface area contributed by atoms with Gasteiger partial charge in [-0.1, -0.05) is 68.4 Å². The molecule has 1 saturated heterocycles. The van der Waals surface area contributed by atoms with Gasteiger partial charge in [0.25, 0.3) is 0 Å². The van der Waals surface area contributed by atoms with Crippen molar-refractivity contribution >= 4 is 5.91 Å². The summed E-state index contributed by atoms with van der Waals surface area (Å²) in [7, 11) is 0. The fourth-order valence-electron chi connectivity index (χ4n) is 4.08. The maximum atomic E-state index is 12.9. The highest BCUT2D eigenvalue weighted by molar-refractivity contribution is 5.79. The molecule has 28 heavy (non-hydrogen) atoms. The molecule has 3 atom stereocenters. The van der Waals surface area contributed by atoms with Gasteiger partial charge in [0.05, 0.1) is 5.92 Å². The fourth-order valence-corrected chi connectivity index (χ4v) is 4.08. The van der Waals surface area contributed by atoms with Crippen LogP contribution in [-0.4, -0.2) is 29.9 Å². The Labute approximate surface area is 170 Å². The lowest BCUT2D eigenvalue weighted by atomic mass is 9.83. The molecule has 0 bridgehead atoms. The number of amides is 1. The normalized spacial score (nSPS) is 21.2. The Kier molecular flexibility index (Phi) is 7.27. The zero-order chi connectivity index (χ0) is 19.9. The molecule has 1 aliphatic rings. The van der Waals surface area contributed by atoms with Crippen LogP contribution in [0.1, 0.15) is 56.2 Å². The van der Waals surface area contributed by atoms with E-state index in [2.05, 4.69) is 85.6 Å². The number of nitrogens with zero attached hydrogens (tertiary/aromatic N) is 1. The topological polar surface area (TPSA) is 32.3 Å². The van der Waals surface area contributed by atoms with Crippen LogP contribution in [0, 0.1) is 5.92 Å². The van der Waals surface area contributed by atoms with Crippen molar-refractivity contribution in [3.8, 4) is 0 Å². The van der Waals surface area contributed by atoms with E-state index in [4.69, 9.17) is 0 Å². The predicted octanol–water partition coefficient (Wildman–Crippen LogP) is 4.77. The molecular formula is C25H34N2O. The molecule has 0 aliphatic carbocycles. The van der Waals surface area contributed by atoms with Crippen LogP contribution in [0.3, 0.4) is 0 Å². The van der Waals surface area contributed by atoms with E-state index in [0.717, 1.165) is 38.9 Å². The van der Waals surface area contributed by atoms with E-state index in [1.807, 2.05) is 0 Å². The van der Waals surface area contributed by atoms with Gasteiger partial charge in [0.1, 0.15) is 0 Å². The minimum atomic E-state index is 0.0438. The predicted molar refractivity (Wildman–Crippen MR) is 116 cm³/mol. The van der Waals surface area contributed by atoms with E-state index in [-0.39, 0.29) is 17.9 Å². The van der Waals surface area contributed by atoms with Crippen LogP contribution in [0.2, 0.25) is 0 Å². The molecule has 0 spiro atoms. The van der Waals surface area contributed by atoms with Crippen LogP contribution < -0.4 is 5.32 Å². The summed E-state index contributed by atoms with van der Waals surface area (Å²) in [5.41, 5.74) is 4.04. The van der Waals surface area contributed by atoms with Gasteiger partial charge in [-0.05, 0) is 48.8 Å². The summed E-state index contributed by atoms with van der Waals surface area (Å²) in [6, 6.07) is 19.8. The number of carbonyl (C=O) groups excluding carboxylic acids is 1. The van der Waals surface area contributed by atoms with Crippen LogP contribution in [0.5, 0.6) is 0 Å². The summed E-state index contributed by atoms with van der Waals surface area (Å²) in [6.45, 7) is 9.13. The van der Waals surface area contributed by atoms with E-state index in [9.17, 15) is 4.79 Å². The highest BCUT2D eigenvalue weighted by Gasteiger charge is 2.32. The van der Waals surface area contributed by atoms with E-state index in [1.165, 1.54) is 16.7 Å². The van der Waals surface area contributed by atoms with Gasteiger partial charge in [0.2, 0.25) is 5.91 Å². The number of hydrogen-bond donors (Lipinski definition) is 1. The highest BCUT2D eigenvalue weighted by Crippen LogP contribution is 2.31. The molecule has 1 amide bonds. The summed E-state index contributed by atoms with van der Waals surface area (Å²) < 4.78 is 0. The molecule has 3 unspecified atom stereocenters. The first-order valence-corrected chi connectivity index (χ1v) is 10.7. The maximum absolute atomic E-state index is 12.9. The van der Waals surface area contributed by atoms with E-state index < -0.39 is 0 Å². The average Bonchev–Trinajstić information content (AvgIpc) is 2.74. The molecule has 0 aromatic heterocycles. The van der Waals surface area contributed by atoms with Crippen LogP contribution in [-0.2, 0) is 17.8 Å². The summed E-state index contributed by atoms with van der Waals surface area (Å²) in [4.78, 5) is 15.4. The second-order valence-electron chi connectivity index (χ2n) is 8.22. The third kappa shape index (κ3) is 5.45.